The Balaban J connectivity index is 1.58. The third kappa shape index (κ3) is 3.63. The van der Waals surface area contributed by atoms with Crippen LogP contribution in [0.4, 0.5) is 11.8 Å². The van der Waals surface area contributed by atoms with Crippen molar-refractivity contribution in [1.29, 1.82) is 0 Å². The number of aromatic nitrogens is 2. The van der Waals surface area contributed by atoms with Gasteiger partial charge in [-0.15, -0.1) is 0 Å². The molecule has 1 saturated heterocycles. The van der Waals surface area contributed by atoms with Crippen molar-refractivity contribution in [1.82, 2.24) is 20.6 Å². The molecule has 21 heavy (non-hydrogen) atoms. The first-order chi connectivity index (χ1) is 10.2. The van der Waals surface area contributed by atoms with Crippen molar-refractivity contribution in [3.63, 3.8) is 0 Å². The average molecular weight is 290 g/mol. The zero-order valence-electron chi connectivity index (χ0n) is 12.8. The van der Waals surface area contributed by atoms with Crippen molar-refractivity contribution in [3.8, 4) is 0 Å². The van der Waals surface area contributed by atoms with E-state index >= 15 is 0 Å². The SMILES string of the molecule is CNC1CN(c2cc(CNC3CCCCC3)nc(N)n2)C1. The summed E-state index contributed by atoms with van der Waals surface area (Å²) in [6, 6.07) is 3.26. The van der Waals surface area contributed by atoms with Crippen molar-refractivity contribution in [2.24, 2.45) is 0 Å². The maximum absolute atomic E-state index is 5.86. The molecule has 0 atom stereocenters. The summed E-state index contributed by atoms with van der Waals surface area (Å²) in [6.07, 6.45) is 6.62. The van der Waals surface area contributed by atoms with Crippen molar-refractivity contribution < 1.29 is 0 Å². The molecule has 0 bridgehead atoms. The molecule has 0 aromatic carbocycles. The highest BCUT2D eigenvalue weighted by Crippen LogP contribution is 2.21. The first-order valence-corrected chi connectivity index (χ1v) is 8.03. The molecule has 2 aliphatic rings. The fourth-order valence-corrected chi connectivity index (χ4v) is 3.16. The van der Waals surface area contributed by atoms with Crippen LogP contribution in [0.5, 0.6) is 0 Å². The third-order valence-electron chi connectivity index (χ3n) is 4.57. The molecule has 0 spiro atoms. The lowest BCUT2D eigenvalue weighted by Gasteiger charge is -2.40. The molecule has 116 valence electrons. The van der Waals surface area contributed by atoms with E-state index in [-0.39, 0.29) is 0 Å². The Morgan fingerprint density at radius 3 is 2.67 bits per heavy atom. The van der Waals surface area contributed by atoms with Gasteiger partial charge in [0.05, 0.1) is 5.69 Å². The van der Waals surface area contributed by atoms with Gasteiger partial charge >= 0.3 is 0 Å². The van der Waals surface area contributed by atoms with Crippen LogP contribution in [0.15, 0.2) is 6.07 Å². The Morgan fingerprint density at radius 2 is 1.95 bits per heavy atom. The summed E-state index contributed by atoms with van der Waals surface area (Å²) in [5.41, 5.74) is 6.86. The van der Waals surface area contributed by atoms with E-state index in [1.54, 1.807) is 0 Å². The molecule has 1 saturated carbocycles. The van der Waals surface area contributed by atoms with E-state index in [9.17, 15) is 0 Å². The van der Waals surface area contributed by atoms with Crippen molar-refractivity contribution >= 4 is 11.8 Å². The number of rotatable bonds is 5. The first kappa shape index (κ1) is 14.5. The molecule has 6 heteroatoms. The van der Waals surface area contributed by atoms with Gasteiger partial charge in [-0.05, 0) is 19.9 Å². The van der Waals surface area contributed by atoms with Crippen LogP contribution in [-0.4, -0.2) is 42.2 Å². The normalized spacial score (nSPS) is 20.5. The lowest BCUT2D eigenvalue weighted by Crippen LogP contribution is -2.57. The second kappa shape index (κ2) is 6.58. The zero-order chi connectivity index (χ0) is 14.7. The predicted octanol–water partition coefficient (Wildman–Crippen LogP) is 0.889. The molecule has 0 radical (unpaired) electrons. The van der Waals surface area contributed by atoms with Crippen LogP contribution in [0.3, 0.4) is 0 Å². The number of nitrogens with one attached hydrogen (secondary N) is 2. The molecule has 4 N–H and O–H groups in total. The maximum atomic E-state index is 5.86. The molecule has 2 heterocycles. The molecule has 1 aliphatic carbocycles. The van der Waals surface area contributed by atoms with Gasteiger partial charge in [-0.2, -0.15) is 4.98 Å². The molecular formula is C15H26N6. The third-order valence-corrected chi connectivity index (χ3v) is 4.57. The quantitative estimate of drug-likeness (QED) is 0.747. The minimum Gasteiger partial charge on any atom is -0.368 e. The van der Waals surface area contributed by atoms with Gasteiger partial charge in [0.1, 0.15) is 5.82 Å². The van der Waals surface area contributed by atoms with Crippen LogP contribution in [0.2, 0.25) is 0 Å². The maximum Gasteiger partial charge on any atom is 0.222 e. The van der Waals surface area contributed by atoms with Crippen LogP contribution in [0.25, 0.3) is 0 Å². The molecular weight excluding hydrogens is 264 g/mol. The number of hydrogen-bond acceptors (Lipinski definition) is 6. The van der Waals surface area contributed by atoms with Gasteiger partial charge in [-0.25, -0.2) is 4.98 Å². The van der Waals surface area contributed by atoms with E-state index in [1.807, 2.05) is 7.05 Å². The van der Waals surface area contributed by atoms with Gasteiger partial charge in [0, 0.05) is 37.8 Å². The summed E-state index contributed by atoms with van der Waals surface area (Å²) in [7, 11) is 2.00. The summed E-state index contributed by atoms with van der Waals surface area (Å²) in [4.78, 5) is 11.0. The summed E-state index contributed by atoms with van der Waals surface area (Å²) < 4.78 is 0. The molecule has 1 aromatic rings. The van der Waals surface area contributed by atoms with Gasteiger partial charge < -0.3 is 21.3 Å². The summed E-state index contributed by atoms with van der Waals surface area (Å²) in [5, 5.41) is 6.88. The van der Waals surface area contributed by atoms with E-state index in [0.717, 1.165) is 31.1 Å². The second-order valence-electron chi connectivity index (χ2n) is 6.18. The van der Waals surface area contributed by atoms with Crippen molar-refractivity contribution in [2.75, 3.05) is 30.8 Å². The van der Waals surface area contributed by atoms with Crippen LogP contribution >= 0.6 is 0 Å². The molecule has 0 unspecified atom stereocenters. The molecule has 2 fully saturated rings. The Labute approximate surface area is 126 Å². The summed E-state index contributed by atoms with van der Waals surface area (Å²) in [6.45, 7) is 2.76. The zero-order valence-corrected chi connectivity index (χ0v) is 12.8. The number of nitrogens with zero attached hydrogens (tertiary/aromatic N) is 3. The summed E-state index contributed by atoms with van der Waals surface area (Å²) >= 11 is 0. The fourth-order valence-electron chi connectivity index (χ4n) is 3.16. The van der Waals surface area contributed by atoms with Gasteiger partial charge in [0.25, 0.3) is 0 Å². The minimum atomic E-state index is 0.376. The molecule has 0 amide bonds. The van der Waals surface area contributed by atoms with Crippen LogP contribution in [0, 0.1) is 0 Å². The Kier molecular flexibility index (Phi) is 4.55. The number of anilines is 2. The largest absolute Gasteiger partial charge is 0.368 e. The highest BCUT2D eigenvalue weighted by atomic mass is 15.3. The van der Waals surface area contributed by atoms with Gasteiger partial charge in [-0.1, -0.05) is 19.3 Å². The van der Waals surface area contributed by atoms with Gasteiger partial charge in [0.2, 0.25) is 5.95 Å². The van der Waals surface area contributed by atoms with Gasteiger partial charge in [0.15, 0.2) is 0 Å². The van der Waals surface area contributed by atoms with Crippen LogP contribution in [0.1, 0.15) is 37.8 Å². The Morgan fingerprint density at radius 1 is 1.19 bits per heavy atom. The lowest BCUT2D eigenvalue weighted by atomic mass is 9.95. The monoisotopic (exact) mass is 290 g/mol. The first-order valence-electron chi connectivity index (χ1n) is 8.03. The topological polar surface area (TPSA) is 79.1 Å². The average Bonchev–Trinajstić information content (AvgIpc) is 2.45. The van der Waals surface area contributed by atoms with E-state index < -0.39 is 0 Å². The number of nitrogen functional groups attached to an aromatic ring is 1. The molecule has 6 nitrogen and oxygen atoms in total. The minimum absolute atomic E-state index is 0.376. The standard InChI is InChI=1S/C15H26N6/c1-17-13-9-21(10-13)14-7-12(19-15(16)20-14)8-18-11-5-3-2-4-6-11/h7,11,13,17-18H,2-6,8-10H2,1H3,(H2,16,19,20). The Bertz CT molecular complexity index is 465. The fraction of sp³-hybridized carbons (Fsp3) is 0.733. The molecule has 1 aliphatic heterocycles. The number of hydrogen-bond donors (Lipinski definition) is 3. The lowest BCUT2D eigenvalue weighted by molar-refractivity contribution is 0.371. The number of nitrogens with two attached hydrogens (primary N) is 1. The van der Waals surface area contributed by atoms with Crippen LogP contribution < -0.4 is 21.3 Å². The highest BCUT2D eigenvalue weighted by molar-refractivity contribution is 5.46. The smallest absolute Gasteiger partial charge is 0.222 e. The highest BCUT2D eigenvalue weighted by Gasteiger charge is 2.26. The van der Waals surface area contributed by atoms with E-state index in [0.29, 0.717) is 18.0 Å². The predicted molar refractivity (Wildman–Crippen MR) is 85.2 cm³/mol. The van der Waals surface area contributed by atoms with E-state index in [1.165, 1.54) is 32.1 Å². The molecule has 1 aromatic heterocycles. The Hall–Kier alpha value is -1.40. The second-order valence-corrected chi connectivity index (χ2v) is 6.18. The van der Waals surface area contributed by atoms with Crippen molar-refractivity contribution in [3.05, 3.63) is 11.8 Å². The molecule has 3 rings (SSSR count). The number of likely N-dealkylation sites (N-methyl/N-ethyl adjacent to an activating group) is 1. The van der Waals surface area contributed by atoms with E-state index in [2.05, 4.69) is 31.6 Å². The van der Waals surface area contributed by atoms with E-state index in [4.69, 9.17) is 5.73 Å². The summed E-state index contributed by atoms with van der Waals surface area (Å²) in [5.74, 6) is 1.33. The van der Waals surface area contributed by atoms with Gasteiger partial charge in [-0.3, -0.25) is 0 Å². The van der Waals surface area contributed by atoms with Crippen molar-refractivity contribution in [2.45, 2.75) is 50.7 Å². The van der Waals surface area contributed by atoms with Crippen LogP contribution in [-0.2, 0) is 6.54 Å².